The van der Waals surface area contributed by atoms with E-state index in [4.69, 9.17) is 16.3 Å². The molecule has 0 saturated heterocycles. The van der Waals surface area contributed by atoms with Crippen LogP contribution in [-0.2, 0) is 4.74 Å². The maximum atomic E-state index is 13.1. The summed E-state index contributed by atoms with van der Waals surface area (Å²) >= 11 is 5.87. The maximum Gasteiger partial charge on any atom is 0.338 e. The van der Waals surface area contributed by atoms with Crippen LogP contribution in [0.4, 0.5) is 20.6 Å². The second-order valence-corrected chi connectivity index (χ2v) is 4.91. The number of amides is 2. The highest BCUT2D eigenvalue weighted by Crippen LogP contribution is 2.22. The number of carbonyl (C=O) groups excluding carboxylic acids is 2. The lowest BCUT2D eigenvalue weighted by Crippen LogP contribution is -2.19. The van der Waals surface area contributed by atoms with Gasteiger partial charge in [0.05, 0.1) is 22.9 Å². The summed E-state index contributed by atoms with van der Waals surface area (Å²) in [6, 6.07) is 9.25. The van der Waals surface area contributed by atoms with Crippen molar-refractivity contribution >= 4 is 35.0 Å². The van der Waals surface area contributed by atoms with Crippen molar-refractivity contribution in [1.29, 1.82) is 0 Å². The van der Waals surface area contributed by atoms with Gasteiger partial charge in [-0.3, -0.25) is 0 Å². The Morgan fingerprint density at radius 2 is 1.83 bits per heavy atom. The molecule has 0 unspecified atom stereocenters. The number of esters is 1. The quantitative estimate of drug-likeness (QED) is 0.818. The minimum Gasteiger partial charge on any atom is -0.462 e. The van der Waals surface area contributed by atoms with Gasteiger partial charge in [0.1, 0.15) is 5.82 Å². The zero-order chi connectivity index (χ0) is 16.8. The van der Waals surface area contributed by atoms with E-state index in [1.165, 1.54) is 24.3 Å². The lowest BCUT2D eigenvalue weighted by Gasteiger charge is -2.09. The summed E-state index contributed by atoms with van der Waals surface area (Å²) in [6.45, 7) is 2.01. The fourth-order valence-electron chi connectivity index (χ4n) is 1.78. The van der Waals surface area contributed by atoms with Gasteiger partial charge < -0.3 is 15.4 Å². The second-order valence-electron chi connectivity index (χ2n) is 4.50. The van der Waals surface area contributed by atoms with E-state index >= 15 is 0 Å². The lowest BCUT2D eigenvalue weighted by atomic mass is 10.2. The van der Waals surface area contributed by atoms with Crippen LogP contribution < -0.4 is 10.6 Å². The molecule has 0 spiro atoms. The molecule has 0 heterocycles. The second kappa shape index (κ2) is 7.60. The molecule has 0 aromatic heterocycles. The lowest BCUT2D eigenvalue weighted by molar-refractivity contribution is 0.0526. The monoisotopic (exact) mass is 336 g/mol. The summed E-state index contributed by atoms with van der Waals surface area (Å²) in [5.74, 6) is -0.946. The highest BCUT2D eigenvalue weighted by molar-refractivity contribution is 6.33. The van der Waals surface area contributed by atoms with Crippen LogP contribution in [0, 0.1) is 5.82 Å². The Morgan fingerprint density at radius 3 is 2.48 bits per heavy atom. The molecule has 5 nitrogen and oxygen atoms in total. The number of carbonyl (C=O) groups is 2. The van der Waals surface area contributed by atoms with Crippen LogP contribution >= 0.6 is 11.6 Å². The SMILES string of the molecule is CCOC(=O)c1ccc(NC(=O)Nc2cc(F)ccc2Cl)cc1. The van der Waals surface area contributed by atoms with E-state index in [1.54, 1.807) is 19.1 Å². The van der Waals surface area contributed by atoms with Gasteiger partial charge in [0.25, 0.3) is 0 Å². The molecule has 2 N–H and O–H groups in total. The molecule has 0 fully saturated rings. The largest absolute Gasteiger partial charge is 0.462 e. The molecule has 0 aliphatic rings. The van der Waals surface area contributed by atoms with E-state index in [0.717, 1.165) is 6.07 Å². The van der Waals surface area contributed by atoms with E-state index in [2.05, 4.69) is 10.6 Å². The molecular weight excluding hydrogens is 323 g/mol. The number of nitrogens with one attached hydrogen (secondary N) is 2. The number of rotatable bonds is 4. The predicted molar refractivity (Wildman–Crippen MR) is 86.4 cm³/mol. The summed E-state index contributed by atoms with van der Waals surface area (Å²) in [6.07, 6.45) is 0. The zero-order valence-electron chi connectivity index (χ0n) is 12.2. The number of hydrogen-bond acceptors (Lipinski definition) is 3. The Kier molecular flexibility index (Phi) is 5.54. The number of hydrogen-bond donors (Lipinski definition) is 2. The third-order valence-electron chi connectivity index (χ3n) is 2.83. The normalized spacial score (nSPS) is 10.0. The fraction of sp³-hybridized carbons (Fsp3) is 0.125. The minimum absolute atomic E-state index is 0.160. The van der Waals surface area contributed by atoms with Crippen LogP contribution in [0.1, 0.15) is 17.3 Å². The predicted octanol–water partition coefficient (Wildman–Crippen LogP) is 4.30. The van der Waals surface area contributed by atoms with E-state index in [9.17, 15) is 14.0 Å². The van der Waals surface area contributed by atoms with Gasteiger partial charge in [-0.05, 0) is 49.4 Å². The molecule has 0 aliphatic carbocycles. The first-order valence-electron chi connectivity index (χ1n) is 6.80. The first kappa shape index (κ1) is 16.8. The third kappa shape index (κ3) is 4.69. The summed E-state index contributed by atoms with van der Waals surface area (Å²) in [4.78, 5) is 23.4. The van der Waals surface area contributed by atoms with Crippen molar-refractivity contribution in [3.63, 3.8) is 0 Å². The van der Waals surface area contributed by atoms with Crippen molar-refractivity contribution in [2.45, 2.75) is 6.92 Å². The van der Waals surface area contributed by atoms with Crippen LogP contribution in [0.2, 0.25) is 5.02 Å². The molecule has 2 amide bonds. The van der Waals surface area contributed by atoms with Gasteiger partial charge in [0.15, 0.2) is 0 Å². The van der Waals surface area contributed by atoms with Gasteiger partial charge in [0, 0.05) is 5.69 Å². The first-order valence-corrected chi connectivity index (χ1v) is 7.17. The van der Waals surface area contributed by atoms with Crippen LogP contribution in [0.3, 0.4) is 0 Å². The molecule has 0 saturated carbocycles. The Balaban J connectivity index is 2.00. The topological polar surface area (TPSA) is 67.4 Å². The summed E-state index contributed by atoms with van der Waals surface area (Å²) in [5, 5.41) is 5.22. The van der Waals surface area contributed by atoms with E-state index in [1.807, 2.05) is 0 Å². The molecule has 0 bridgehead atoms. The van der Waals surface area contributed by atoms with Gasteiger partial charge in [-0.1, -0.05) is 11.6 Å². The van der Waals surface area contributed by atoms with Crippen molar-refractivity contribution in [2.75, 3.05) is 17.2 Å². The van der Waals surface area contributed by atoms with Gasteiger partial charge in [0.2, 0.25) is 0 Å². The summed E-state index contributed by atoms with van der Waals surface area (Å²) in [7, 11) is 0. The number of halogens is 2. The molecule has 0 radical (unpaired) electrons. The van der Waals surface area contributed by atoms with Crippen LogP contribution in [0.25, 0.3) is 0 Å². The highest BCUT2D eigenvalue weighted by Gasteiger charge is 2.09. The zero-order valence-corrected chi connectivity index (χ0v) is 13.0. The van der Waals surface area contributed by atoms with Crippen LogP contribution in [0.5, 0.6) is 0 Å². The molecule has 120 valence electrons. The number of urea groups is 1. The Labute approximate surface area is 137 Å². The number of benzene rings is 2. The minimum atomic E-state index is -0.582. The van der Waals surface area contributed by atoms with Gasteiger partial charge in [-0.15, -0.1) is 0 Å². The van der Waals surface area contributed by atoms with Crippen LogP contribution in [-0.4, -0.2) is 18.6 Å². The molecule has 7 heteroatoms. The molecular formula is C16H14ClFN2O3. The molecule has 0 atom stereocenters. The third-order valence-corrected chi connectivity index (χ3v) is 3.16. The highest BCUT2D eigenvalue weighted by atomic mass is 35.5. The Hall–Kier alpha value is -2.60. The van der Waals surface area contributed by atoms with Crippen molar-refractivity contribution in [3.8, 4) is 0 Å². The van der Waals surface area contributed by atoms with Gasteiger partial charge in [-0.25, -0.2) is 14.0 Å². The Morgan fingerprint density at radius 1 is 1.13 bits per heavy atom. The maximum absolute atomic E-state index is 13.1. The van der Waals surface area contributed by atoms with Crippen molar-refractivity contribution in [3.05, 3.63) is 58.9 Å². The molecule has 2 aromatic rings. The van der Waals surface area contributed by atoms with Crippen molar-refractivity contribution < 1.29 is 18.7 Å². The summed E-state index contributed by atoms with van der Waals surface area (Å²) in [5.41, 5.74) is 1.00. The van der Waals surface area contributed by atoms with Gasteiger partial charge in [-0.2, -0.15) is 0 Å². The van der Waals surface area contributed by atoms with Crippen LogP contribution in [0.15, 0.2) is 42.5 Å². The standard InChI is InChI=1S/C16H14ClFN2O3/c1-2-23-15(21)10-3-6-12(7-4-10)19-16(22)20-14-9-11(18)5-8-13(14)17/h3-9H,2H2,1H3,(H2,19,20,22). The van der Waals surface area contributed by atoms with Crippen molar-refractivity contribution in [2.24, 2.45) is 0 Å². The molecule has 0 aliphatic heterocycles. The number of ether oxygens (including phenoxy) is 1. The molecule has 23 heavy (non-hydrogen) atoms. The van der Waals surface area contributed by atoms with Gasteiger partial charge >= 0.3 is 12.0 Å². The molecule has 2 rings (SSSR count). The number of anilines is 2. The van der Waals surface area contributed by atoms with E-state index in [0.29, 0.717) is 11.3 Å². The first-order chi connectivity index (χ1) is 11.0. The van der Waals surface area contributed by atoms with Crippen molar-refractivity contribution in [1.82, 2.24) is 0 Å². The summed E-state index contributed by atoms with van der Waals surface area (Å²) < 4.78 is 18.0. The average Bonchev–Trinajstić information content (AvgIpc) is 2.52. The average molecular weight is 337 g/mol. The van der Waals surface area contributed by atoms with E-state index in [-0.39, 0.29) is 17.3 Å². The smallest absolute Gasteiger partial charge is 0.338 e. The fourth-order valence-corrected chi connectivity index (χ4v) is 1.95. The van der Waals surface area contributed by atoms with E-state index < -0.39 is 17.8 Å². The Bertz CT molecular complexity index is 720. The molecule has 2 aromatic carbocycles.